The molecule has 6 heteroatoms. The number of carbonyl (C=O) groups is 2. The molecule has 0 unspecified atom stereocenters. The maximum atomic E-state index is 12.6. The number of hydrogen-bond donors (Lipinski definition) is 1. The highest BCUT2D eigenvalue weighted by molar-refractivity contribution is 5.78. The van der Waals surface area contributed by atoms with Crippen LogP contribution in [0.3, 0.4) is 0 Å². The summed E-state index contributed by atoms with van der Waals surface area (Å²) in [5.74, 6) is 0.577. The van der Waals surface area contributed by atoms with Crippen molar-refractivity contribution in [1.29, 1.82) is 0 Å². The van der Waals surface area contributed by atoms with Crippen LogP contribution in [0.2, 0.25) is 0 Å². The largest absolute Gasteiger partial charge is 0.342 e. The Hall–Kier alpha value is -1.92. The van der Waals surface area contributed by atoms with Gasteiger partial charge in [0.15, 0.2) is 0 Å². The van der Waals surface area contributed by atoms with Gasteiger partial charge in [-0.25, -0.2) is 0 Å². The molecule has 3 fully saturated rings. The summed E-state index contributed by atoms with van der Waals surface area (Å²) >= 11 is 0. The number of carbonyl (C=O) groups excluding carboxylic acids is 2. The highest BCUT2D eigenvalue weighted by Crippen LogP contribution is 2.40. The van der Waals surface area contributed by atoms with E-state index in [1.165, 1.54) is 5.56 Å². The number of benzene rings is 1. The van der Waals surface area contributed by atoms with E-state index in [0.717, 1.165) is 78.0 Å². The number of hydrogen-bond acceptors (Lipinski definition) is 4. The Labute approximate surface area is 174 Å². The molecule has 4 rings (SSSR count). The molecule has 0 aromatic heterocycles. The minimum Gasteiger partial charge on any atom is -0.342 e. The summed E-state index contributed by atoms with van der Waals surface area (Å²) in [5, 5.41) is 3.30. The Balaban J connectivity index is 1.27. The maximum absolute atomic E-state index is 12.6. The molecule has 3 heterocycles. The minimum absolute atomic E-state index is 0.249. The first-order valence-electron chi connectivity index (χ1n) is 11.2. The first-order chi connectivity index (χ1) is 14.1. The monoisotopic (exact) mass is 398 g/mol. The van der Waals surface area contributed by atoms with Crippen LogP contribution in [0.5, 0.6) is 0 Å². The van der Waals surface area contributed by atoms with Crippen LogP contribution in [0.4, 0.5) is 0 Å². The predicted octanol–water partition coefficient (Wildman–Crippen LogP) is 1.37. The average molecular weight is 399 g/mol. The molecule has 1 spiro atoms. The lowest BCUT2D eigenvalue weighted by atomic mass is 9.72. The van der Waals surface area contributed by atoms with Crippen LogP contribution in [0.1, 0.15) is 31.2 Å². The number of likely N-dealkylation sites (tertiary alicyclic amines) is 2. The van der Waals surface area contributed by atoms with Crippen LogP contribution in [-0.2, 0) is 16.0 Å². The van der Waals surface area contributed by atoms with Gasteiger partial charge >= 0.3 is 0 Å². The molecule has 3 saturated heterocycles. The Morgan fingerprint density at radius 3 is 2.45 bits per heavy atom. The summed E-state index contributed by atoms with van der Waals surface area (Å²) in [7, 11) is 0. The van der Waals surface area contributed by atoms with Gasteiger partial charge in [0.25, 0.3) is 0 Å². The van der Waals surface area contributed by atoms with Gasteiger partial charge in [0.05, 0.1) is 6.54 Å². The van der Waals surface area contributed by atoms with Crippen molar-refractivity contribution >= 4 is 11.8 Å². The zero-order valence-corrected chi connectivity index (χ0v) is 17.4. The number of rotatable bonds is 5. The van der Waals surface area contributed by atoms with Crippen molar-refractivity contribution in [2.75, 3.05) is 58.9 Å². The van der Waals surface area contributed by atoms with E-state index in [-0.39, 0.29) is 11.3 Å². The minimum atomic E-state index is 0.249. The molecule has 0 bridgehead atoms. The zero-order valence-electron chi connectivity index (χ0n) is 17.4. The Kier molecular flexibility index (Phi) is 6.50. The number of piperidine rings is 2. The molecule has 1 aromatic carbocycles. The van der Waals surface area contributed by atoms with E-state index in [1.807, 2.05) is 11.0 Å². The second kappa shape index (κ2) is 9.26. The van der Waals surface area contributed by atoms with E-state index < -0.39 is 0 Å². The van der Waals surface area contributed by atoms with Crippen LogP contribution in [-0.4, -0.2) is 85.4 Å². The molecular weight excluding hydrogens is 364 g/mol. The van der Waals surface area contributed by atoms with Crippen molar-refractivity contribution in [2.24, 2.45) is 5.41 Å². The molecule has 0 saturated carbocycles. The maximum Gasteiger partial charge on any atom is 0.236 e. The van der Waals surface area contributed by atoms with Gasteiger partial charge in [-0.3, -0.25) is 14.5 Å². The van der Waals surface area contributed by atoms with E-state index in [2.05, 4.69) is 39.4 Å². The molecule has 3 aliphatic heterocycles. The van der Waals surface area contributed by atoms with Gasteiger partial charge in [0.1, 0.15) is 0 Å². The van der Waals surface area contributed by atoms with Gasteiger partial charge in [0, 0.05) is 45.7 Å². The van der Waals surface area contributed by atoms with E-state index in [9.17, 15) is 9.59 Å². The Morgan fingerprint density at radius 1 is 1.00 bits per heavy atom. The van der Waals surface area contributed by atoms with Crippen molar-refractivity contribution < 1.29 is 9.59 Å². The lowest BCUT2D eigenvalue weighted by Crippen LogP contribution is -2.54. The van der Waals surface area contributed by atoms with Gasteiger partial charge in [0.2, 0.25) is 11.8 Å². The normalized spacial score (nSPS) is 22.8. The second-order valence-electron chi connectivity index (χ2n) is 8.96. The average Bonchev–Trinajstić information content (AvgIpc) is 2.77. The smallest absolute Gasteiger partial charge is 0.236 e. The summed E-state index contributed by atoms with van der Waals surface area (Å²) in [6.07, 6.45) is 4.80. The fraction of sp³-hybridized carbons (Fsp3) is 0.652. The highest BCUT2D eigenvalue weighted by Gasteiger charge is 2.41. The summed E-state index contributed by atoms with van der Waals surface area (Å²) in [4.78, 5) is 31.4. The summed E-state index contributed by atoms with van der Waals surface area (Å²) in [6.45, 7) is 7.66. The Bertz CT molecular complexity index is 694. The van der Waals surface area contributed by atoms with Crippen molar-refractivity contribution in [3.05, 3.63) is 35.9 Å². The van der Waals surface area contributed by atoms with Crippen molar-refractivity contribution in [3.8, 4) is 0 Å². The van der Waals surface area contributed by atoms with Gasteiger partial charge < -0.3 is 15.1 Å². The lowest BCUT2D eigenvalue weighted by Gasteiger charge is -2.47. The molecule has 2 amide bonds. The Morgan fingerprint density at radius 2 is 1.72 bits per heavy atom. The molecule has 6 nitrogen and oxygen atoms in total. The van der Waals surface area contributed by atoms with E-state index in [1.54, 1.807) is 0 Å². The molecule has 1 N–H and O–H groups in total. The first-order valence-corrected chi connectivity index (χ1v) is 11.2. The van der Waals surface area contributed by atoms with Crippen LogP contribution in [0.25, 0.3) is 0 Å². The van der Waals surface area contributed by atoms with Gasteiger partial charge in [-0.2, -0.15) is 0 Å². The van der Waals surface area contributed by atoms with E-state index in [4.69, 9.17) is 0 Å². The lowest BCUT2D eigenvalue weighted by molar-refractivity contribution is -0.139. The summed E-state index contributed by atoms with van der Waals surface area (Å²) in [6, 6.07) is 10.4. The number of piperazine rings is 1. The third kappa shape index (κ3) is 5.17. The van der Waals surface area contributed by atoms with Crippen molar-refractivity contribution in [3.63, 3.8) is 0 Å². The number of amides is 2. The fourth-order valence-corrected chi connectivity index (χ4v) is 5.01. The SMILES string of the molecule is O=C(CN1CCC2(CCC(=O)N(CCc3ccccc3)C2)CC1)N1CCNCC1. The van der Waals surface area contributed by atoms with Crippen LogP contribution in [0, 0.1) is 5.41 Å². The van der Waals surface area contributed by atoms with Crippen molar-refractivity contribution in [1.82, 2.24) is 20.0 Å². The predicted molar refractivity (Wildman–Crippen MR) is 114 cm³/mol. The van der Waals surface area contributed by atoms with Crippen LogP contribution in [0.15, 0.2) is 30.3 Å². The van der Waals surface area contributed by atoms with E-state index >= 15 is 0 Å². The van der Waals surface area contributed by atoms with Gasteiger partial charge in [-0.15, -0.1) is 0 Å². The third-order valence-electron chi connectivity index (χ3n) is 7.01. The number of nitrogens with zero attached hydrogens (tertiary/aromatic N) is 3. The van der Waals surface area contributed by atoms with Gasteiger partial charge in [-0.1, -0.05) is 30.3 Å². The zero-order chi connectivity index (χ0) is 20.1. The quantitative estimate of drug-likeness (QED) is 0.814. The standard InChI is InChI=1S/C23H34N4O2/c28-21-6-8-23(19-27(21)13-7-20-4-2-1-3-5-20)9-14-25(15-10-23)18-22(29)26-16-11-24-12-17-26/h1-5,24H,6-19H2. The van der Waals surface area contributed by atoms with E-state index in [0.29, 0.717) is 18.9 Å². The molecule has 29 heavy (non-hydrogen) atoms. The molecule has 3 aliphatic rings. The summed E-state index contributed by atoms with van der Waals surface area (Å²) < 4.78 is 0. The molecule has 0 aliphatic carbocycles. The molecule has 0 atom stereocenters. The molecule has 0 radical (unpaired) electrons. The molecule has 158 valence electrons. The number of nitrogens with one attached hydrogen (secondary N) is 1. The van der Waals surface area contributed by atoms with Crippen molar-refractivity contribution in [2.45, 2.75) is 32.1 Å². The van der Waals surface area contributed by atoms with Crippen LogP contribution >= 0.6 is 0 Å². The van der Waals surface area contributed by atoms with Gasteiger partial charge in [-0.05, 0) is 49.8 Å². The highest BCUT2D eigenvalue weighted by atomic mass is 16.2. The molecular formula is C23H34N4O2. The summed E-state index contributed by atoms with van der Waals surface area (Å²) in [5.41, 5.74) is 1.54. The van der Waals surface area contributed by atoms with Crippen LogP contribution < -0.4 is 5.32 Å². The topological polar surface area (TPSA) is 55.9 Å². The molecule has 1 aromatic rings. The fourth-order valence-electron chi connectivity index (χ4n) is 5.01. The first kappa shape index (κ1) is 20.4. The third-order valence-corrected chi connectivity index (χ3v) is 7.01. The second-order valence-corrected chi connectivity index (χ2v) is 8.96.